The summed E-state index contributed by atoms with van der Waals surface area (Å²) in [6, 6.07) is 0. The zero-order chi connectivity index (χ0) is 13.4. The minimum absolute atomic E-state index is 0.209. The average Bonchev–Trinajstić information content (AvgIpc) is 2.30. The van der Waals surface area contributed by atoms with Crippen LogP contribution in [0, 0.1) is 5.82 Å². The van der Waals surface area contributed by atoms with Crippen molar-refractivity contribution in [3.8, 4) is 0 Å². The smallest absolute Gasteiger partial charge is 0.331 e. The number of ether oxygens (including phenoxy) is 1. The van der Waals surface area contributed by atoms with Crippen LogP contribution in [0.2, 0.25) is 0 Å². The van der Waals surface area contributed by atoms with E-state index < -0.39 is 41.0 Å². The van der Waals surface area contributed by atoms with Gasteiger partial charge in [-0.25, -0.2) is 13.8 Å². The van der Waals surface area contributed by atoms with E-state index >= 15 is 0 Å². The van der Waals surface area contributed by atoms with E-state index in [-0.39, 0.29) is 4.57 Å². The number of nitrogens with zero attached hydrogens (tertiary/aromatic N) is 1. The van der Waals surface area contributed by atoms with E-state index in [2.05, 4.69) is 0 Å². The lowest BCUT2D eigenvalue weighted by Crippen LogP contribution is -2.45. The molecule has 18 heavy (non-hydrogen) atoms. The van der Waals surface area contributed by atoms with Gasteiger partial charge in [0.25, 0.3) is 5.56 Å². The number of ketones is 1. The maximum atomic E-state index is 13.2. The number of carbonyl (C=O) groups is 1. The van der Waals surface area contributed by atoms with Crippen LogP contribution in [0.5, 0.6) is 0 Å². The van der Waals surface area contributed by atoms with Crippen LogP contribution in [0.3, 0.4) is 0 Å². The summed E-state index contributed by atoms with van der Waals surface area (Å²) in [6.07, 6.45) is -1.15. The van der Waals surface area contributed by atoms with Crippen LogP contribution in [0.4, 0.5) is 8.78 Å². The van der Waals surface area contributed by atoms with Crippen molar-refractivity contribution in [2.45, 2.75) is 19.3 Å². The molecule has 96 valence electrons. The summed E-state index contributed by atoms with van der Waals surface area (Å²) in [5.41, 5.74) is -2.40. The van der Waals surface area contributed by atoms with Gasteiger partial charge in [-0.2, -0.15) is 4.39 Å². The third-order valence-electron chi connectivity index (χ3n) is 2.38. The lowest BCUT2D eigenvalue weighted by molar-refractivity contribution is -0.140. The molecule has 8 heteroatoms. The second-order valence-electron chi connectivity index (χ2n) is 3.69. The zero-order valence-corrected chi connectivity index (χ0v) is 9.15. The third-order valence-corrected chi connectivity index (χ3v) is 2.38. The van der Waals surface area contributed by atoms with Crippen molar-refractivity contribution in [3.05, 3.63) is 44.8 Å². The predicted octanol–water partition coefficient (Wildman–Crippen LogP) is 0.0155. The summed E-state index contributed by atoms with van der Waals surface area (Å²) in [5.74, 6) is -3.60. The minimum Gasteiger partial charge on any atom is -0.343 e. The van der Waals surface area contributed by atoms with Gasteiger partial charge in [0, 0.05) is 6.20 Å². The summed E-state index contributed by atoms with van der Waals surface area (Å²) >= 11 is 0. The molecule has 1 aliphatic heterocycles. The molecule has 0 aromatic carbocycles. The van der Waals surface area contributed by atoms with E-state index in [9.17, 15) is 23.2 Å². The Kier molecular flexibility index (Phi) is 2.95. The first kappa shape index (κ1) is 12.4. The largest absolute Gasteiger partial charge is 0.343 e. The van der Waals surface area contributed by atoms with Crippen molar-refractivity contribution in [1.29, 1.82) is 0 Å². The number of hydrogen-bond donors (Lipinski definition) is 1. The molecule has 2 atom stereocenters. The van der Waals surface area contributed by atoms with Gasteiger partial charge in [0.1, 0.15) is 0 Å². The van der Waals surface area contributed by atoms with Crippen LogP contribution in [-0.2, 0) is 9.53 Å². The standard InChI is InChI=1S/C10H8F2N2O4/c1-4-2-5(11)7(15)9(18-4)14-8(16)6(12)3-13-10(14)17/h2-4,9H,1H3,(H,13,17)/t4-,9-/m1/s1. The summed E-state index contributed by atoms with van der Waals surface area (Å²) in [7, 11) is 0. The molecule has 6 nitrogen and oxygen atoms in total. The lowest BCUT2D eigenvalue weighted by atomic mass is 10.2. The fourth-order valence-corrected chi connectivity index (χ4v) is 1.57. The fraction of sp³-hybridized carbons (Fsp3) is 0.300. The first-order chi connectivity index (χ1) is 8.41. The number of hydrogen-bond acceptors (Lipinski definition) is 4. The number of halogens is 2. The number of H-pyrrole nitrogens is 1. The fourth-order valence-electron chi connectivity index (χ4n) is 1.57. The summed E-state index contributed by atoms with van der Waals surface area (Å²) < 4.78 is 31.5. The van der Waals surface area contributed by atoms with Gasteiger partial charge in [-0.15, -0.1) is 0 Å². The van der Waals surface area contributed by atoms with E-state index in [1.807, 2.05) is 4.98 Å². The first-order valence-corrected chi connectivity index (χ1v) is 4.98. The average molecular weight is 258 g/mol. The zero-order valence-electron chi connectivity index (χ0n) is 9.15. The van der Waals surface area contributed by atoms with Crippen molar-refractivity contribution < 1.29 is 18.3 Å². The lowest BCUT2D eigenvalue weighted by Gasteiger charge is -2.24. The van der Waals surface area contributed by atoms with Crippen molar-refractivity contribution in [2.75, 3.05) is 0 Å². The number of nitrogens with one attached hydrogen (secondary N) is 1. The Morgan fingerprint density at radius 3 is 2.67 bits per heavy atom. The van der Waals surface area contributed by atoms with Crippen LogP contribution in [0.15, 0.2) is 27.7 Å². The molecule has 0 radical (unpaired) electrons. The van der Waals surface area contributed by atoms with Crippen molar-refractivity contribution >= 4 is 5.78 Å². The van der Waals surface area contributed by atoms with Crippen LogP contribution >= 0.6 is 0 Å². The Balaban J connectivity index is 2.61. The van der Waals surface area contributed by atoms with Crippen molar-refractivity contribution in [2.24, 2.45) is 0 Å². The molecule has 1 N–H and O–H groups in total. The molecular weight excluding hydrogens is 250 g/mol. The molecule has 0 fully saturated rings. The topological polar surface area (TPSA) is 81.2 Å². The first-order valence-electron chi connectivity index (χ1n) is 4.98. The maximum Gasteiger partial charge on any atom is 0.331 e. The highest BCUT2D eigenvalue weighted by Gasteiger charge is 2.33. The van der Waals surface area contributed by atoms with E-state index in [1.165, 1.54) is 6.92 Å². The molecule has 0 bridgehead atoms. The van der Waals surface area contributed by atoms with Crippen LogP contribution in [0.1, 0.15) is 13.2 Å². The number of Topliss-reactive ketones (excluding diaryl/α,β-unsaturated/α-hetero) is 1. The van der Waals surface area contributed by atoms with Gasteiger partial charge < -0.3 is 9.72 Å². The molecule has 0 aliphatic carbocycles. The van der Waals surface area contributed by atoms with Crippen LogP contribution in [0.25, 0.3) is 0 Å². The van der Waals surface area contributed by atoms with Crippen LogP contribution in [-0.4, -0.2) is 21.4 Å². The molecule has 0 saturated heterocycles. The summed E-state index contributed by atoms with van der Waals surface area (Å²) in [6.45, 7) is 1.41. The number of rotatable bonds is 1. The van der Waals surface area contributed by atoms with E-state index in [0.29, 0.717) is 6.20 Å². The Morgan fingerprint density at radius 1 is 1.33 bits per heavy atom. The summed E-state index contributed by atoms with van der Waals surface area (Å²) in [5, 5.41) is 0. The molecule has 0 unspecified atom stereocenters. The van der Waals surface area contributed by atoms with Gasteiger partial charge in [0.15, 0.2) is 5.83 Å². The van der Waals surface area contributed by atoms with Crippen molar-refractivity contribution in [3.63, 3.8) is 0 Å². The minimum atomic E-state index is -1.79. The van der Waals surface area contributed by atoms with Gasteiger partial charge in [-0.05, 0) is 13.0 Å². The molecule has 2 heterocycles. The second kappa shape index (κ2) is 4.30. The van der Waals surface area contributed by atoms with E-state index in [1.54, 1.807) is 0 Å². The van der Waals surface area contributed by atoms with Gasteiger partial charge in [-0.3, -0.25) is 9.59 Å². The molecular formula is C10H8F2N2O4. The number of carbonyl (C=O) groups excluding carboxylic acids is 1. The normalized spacial score (nSPS) is 23.9. The Morgan fingerprint density at radius 2 is 2.00 bits per heavy atom. The highest BCUT2D eigenvalue weighted by atomic mass is 19.1. The number of aromatic nitrogens is 2. The maximum absolute atomic E-state index is 13.2. The molecule has 0 saturated carbocycles. The Bertz CT molecular complexity index is 646. The van der Waals surface area contributed by atoms with Gasteiger partial charge in [0.2, 0.25) is 17.8 Å². The SMILES string of the molecule is C[C@@H]1C=C(F)C(=O)[C@H](n2c(=O)[nH]cc(F)c2=O)O1. The van der Waals surface area contributed by atoms with E-state index in [0.717, 1.165) is 6.08 Å². The molecule has 0 spiro atoms. The molecule has 0 amide bonds. The van der Waals surface area contributed by atoms with Crippen molar-refractivity contribution in [1.82, 2.24) is 9.55 Å². The predicted molar refractivity (Wildman–Crippen MR) is 55.1 cm³/mol. The van der Waals surface area contributed by atoms with E-state index in [4.69, 9.17) is 4.74 Å². The third kappa shape index (κ3) is 1.90. The molecule has 1 aromatic rings. The highest BCUT2D eigenvalue weighted by molar-refractivity contribution is 5.96. The number of aromatic amines is 1. The monoisotopic (exact) mass is 258 g/mol. The quantitative estimate of drug-likeness (QED) is 0.769. The molecule has 2 rings (SSSR count). The Labute approximate surface area is 98.5 Å². The molecule has 1 aromatic heterocycles. The van der Waals surface area contributed by atoms with Gasteiger partial charge in [0.05, 0.1) is 6.10 Å². The van der Waals surface area contributed by atoms with Gasteiger partial charge in [-0.1, -0.05) is 0 Å². The van der Waals surface area contributed by atoms with Gasteiger partial charge >= 0.3 is 5.69 Å². The van der Waals surface area contributed by atoms with Crippen LogP contribution < -0.4 is 11.2 Å². The second-order valence-corrected chi connectivity index (χ2v) is 3.69. The highest BCUT2D eigenvalue weighted by Crippen LogP contribution is 2.22. The Hall–Kier alpha value is -2.09. The summed E-state index contributed by atoms with van der Waals surface area (Å²) in [4.78, 5) is 36.3. The molecule has 1 aliphatic rings.